The standard InChI is InChI=1S/C70H62O18/c1-41(71)81-56-30-28-51(32-59(56)83-43(3)73)67-63(85-45(5)75)35-54-57(82-42(2)72)36-62(84-44(4)74)65(69(54)88-67)66-64-60(80-40-50-25-17-10-18-26-50)33-53(77-37-47-19-11-7-12-20-47)34-61(64)87-68(70(66)86-46(6)76)52-27-29-55(78-38-48-21-13-8-14-22-48)58(31-52)79-39-49-23-15-9-16-24-49/h7-34,36,63,66-68,70H,35,37-40H2,1-6H3/t63-,66+,67-,68-,70+/m1/s1. The fourth-order valence-corrected chi connectivity index (χ4v) is 10.6. The molecule has 18 heteroatoms. The summed E-state index contributed by atoms with van der Waals surface area (Å²) in [4.78, 5) is 79.0. The Balaban J connectivity index is 1.24. The third kappa shape index (κ3) is 14.9. The molecule has 10 rings (SSSR count). The molecule has 88 heavy (non-hydrogen) atoms. The van der Waals surface area contributed by atoms with Gasteiger partial charge in [-0.1, -0.05) is 133 Å². The number of hydrogen-bond acceptors (Lipinski definition) is 18. The summed E-state index contributed by atoms with van der Waals surface area (Å²) in [6.07, 6.45) is -5.45. The minimum atomic E-state index is -1.44. The maximum atomic E-state index is 14.1. The van der Waals surface area contributed by atoms with Crippen molar-refractivity contribution >= 4 is 35.8 Å². The first kappa shape index (κ1) is 60.5. The molecule has 0 unspecified atom stereocenters. The second kappa shape index (κ2) is 27.6. The number of carbonyl (C=O) groups is 6. The van der Waals surface area contributed by atoms with Gasteiger partial charge in [-0.15, -0.1) is 0 Å². The molecular weight excluding hydrogens is 1130 g/mol. The molecule has 5 atom stereocenters. The largest absolute Gasteiger partial charge is 0.489 e. The van der Waals surface area contributed by atoms with Crippen LogP contribution in [0.1, 0.15) is 110 Å². The summed E-state index contributed by atoms with van der Waals surface area (Å²) < 4.78 is 76.7. The summed E-state index contributed by atoms with van der Waals surface area (Å²) in [6, 6.07) is 52.4. The number of benzene rings is 8. The molecule has 0 fully saturated rings. The Bertz CT molecular complexity index is 3850. The minimum Gasteiger partial charge on any atom is -0.489 e. The van der Waals surface area contributed by atoms with Crippen molar-refractivity contribution in [1.29, 1.82) is 0 Å². The van der Waals surface area contributed by atoms with Gasteiger partial charge in [-0.05, 0) is 46.5 Å². The Labute approximate surface area is 507 Å². The predicted molar refractivity (Wildman–Crippen MR) is 317 cm³/mol. The SMILES string of the molecule is CC(=O)Oc1ccc([C@H]2Oc3c(c(OC(C)=O)cc(OC(C)=O)c3[C@@H]3c4c(OCc5ccccc5)cc(OCc5ccccc5)cc4O[C@H](c4ccc(OCc5ccccc5)c(OCc5ccccc5)c4)[C@H]3OC(C)=O)C[C@H]2OC(C)=O)cc1OC(C)=O. The van der Waals surface area contributed by atoms with Gasteiger partial charge in [0.2, 0.25) is 0 Å². The molecule has 2 aliphatic heterocycles. The van der Waals surface area contributed by atoms with E-state index in [1.165, 1.54) is 65.8 Å². The van der Waals surface area contributed by atoms with Gasteiger partial charge in [0.25, 0.3) is 0 Å². The zero-order valence-corrected chi connectivity index (χ0v) is 49.0. The first-order valence-corrected chi connectivity index (χ1v) is 28.3. The third-order valence-electron chi connectivity index (χ3n) is 14.1. The van der Waals surface area contributed by atoms with Crippen molar-refractivity contribution in [3.05, 3.63) is 226 Å². The number of rotatable bonds is 21. The third-order valence-corrected chi connectivity index (χ3v) is 14.1. The number of hydrogen-bond donors (Lipinski definition) is 0. The van der Waals surface area contributed by atoms with Crippen LogP contribution >= 0.6 is 0 Å². The average molecular weight is 1190 g/mol. The molecule has 0 radical (unpaired) electrons. The van der Waals surface area contributed by atoms with Gasteiger partial charge in [-0.25, -0.2) is 0 Å². The smallest absolute Gasteiger partial charge is 0.308 e. The lowest BCUT2D eigenvalue weighted by Gasteiger charge is -2.42. The predicted octanol–water partition coefficient (Wildman–Crippen LogP) is 12.5. The minimum absolute atomic E-state index is 0.00724. The molecule has 2 heterocycles. The molecule has 0 N–H and O–H groups in total. The molecule has 0 amide bonds. The van der Waals surface area contributed by atoms with Crippen molar-refractivity contribution < 1.29 is 85.6 Å². The van der Waals surface area contributed by atoms with Crippen LogP contribution in [0.5, 0.6) is 57.5 Å². The van der Waals surface area contributed by atoms with Gasteiger partial charge in [0.15, 0.2) is 41.3 Å². The second-order valence-corrected chi connectivity index (χ2v) is 20.8. The Hall–Kier alpha value is -10.6. The fourth-order valence-electron chi connectivity index (χ4n) is 10.6. The molecule has 0 saturated carbocycles. The van der Waals surface area contributed by atoms with Crippen molar-refractivity contribution in [2.75, 3.05) is 0 Å². The van der Waals surface area contributed by atoms with Gasteiger partial charge in [-0.2, -0.15) is 0 Å². The van der Waals surface area contributed by atoms with Gasteiger partial charge in [0.1, 0.15) is 67.0 Å². The summed E-state index contributed by atoms with van der Waals surface area (Å²) in [6.45, 7) is 7.64. The first-order valence-electron chi connectivity index (χ1n) is 28.3. The highest BCUT2D eigenvalue weighted by atomic mass is 16.6. The van der Waals surface area contributed by atoms with Gasteiger partial charge < -0.3 is 56.8 Å². The molecule has 2 aliphatic rings. The molecular formula is C70H62O18. The number of carbonyl (C=O) groups excluding carboxylic acids is 6. The van der Waals surface area contributed by atoms with E-state index in [2.05, 4.69) is 0 Å². The van der Waals surface area contributed by atoms with E-state index in [0.29, 0.717) is 22.8 Å². The second-order valence-electron chi connectivity index (χ2n) is 20.8. The van der Waals surface area contributed by atoms with Crippen LogP contribution in [0, 0.1) is 0 Å². The van der Waals surface area contributed by atoms with Crippen molar-refractivity contribution in [3.8, 4) is 57.5 Å². The van der Waals surface area contributed by atoms with Gasteiger partial charge >= 0.3 is 35.8 Å². The van der Waals surface area contributed by atoms with Crippen LogP contribution in [-0.2, 0) is 71.1 Å². The van der Waals surface area contributed by atoms with Gasteiger partial charge in [0.05, 0.1) is 5.92 Å². The van der Waals surface area contributed by atoms with E-state index >= 15 is 0 Å². The molecule has 0 aliphatic carbocycles. The van der Waals surface area contributed by atoms with Gasteiger partial charge in [0, 0.05) is 94.0 Å². The number of esters is 6. The van der Waals surface area contributed by atoms with E-state index in [1.54, 1.807) is 30.3 Å². The van der Waals surface area contributed by atoms with Crippen LogP contribution in [0.4, 0.5) is 0 Å². The number of fused-ring (bicyclic) bond motifs is 2. The summed E-state index contributed by atoms with van der Waals surface area (Å²) in [7, 11) is 0. The fraction of sp³-hybridized carbons (Fsp3) is 0.229. The highest BCUT2D eigenvalue weighted by Gasteiger charge is 2.50. The first-order chi connectivity index (χ1) is 42.5. The Morgan fingerprint density at radius 1 is 0.386 bits per heavy atom. The maximum Gasteiger partial charge on any atom is 0.308 e. The van der Waals surface area contributed by atoms with Crippen LogP contribution < -0.4 is 47.4 Å². The monoisotopic (exact) mass is 1190 g/mol. The number of ether oxygens (including phenoxy) is 12. The molecule has 0 saturated heterocycles. The Morgan fingerprint density at radius 2 is 0.841 bits per heavy atom. The van der Waals surface area contributed by atoms with E-state index in [-0.39, 0.29) is 95.3 Å². The van der Waals surface area contributed by atoms with E-state index in [0.717, 1.165) is 22.3 Å². The quantitative estimate of drug-likeness (QED) is 0.0483. The lowest BCUT2D eigenvalue weighted by Crippen LogP contribution is -2.40. The zero-order chi connectivity index (χ0) is 61.8. The highest BCUT2D eigenvalue weighted by molar-refractivity contribution is 5.77. The van der Waals surface area contributed by atoms with Crippen LogP contribution in [0.3, 0.4) is 0 Å². The summed E-state index contributed by atoms with van der Waals surface area (Å²) in [5, 5.41) is 0. The zero-order valence-electron chi connectivity index (χ0n) is 49.0. The van der Waals surface area contributed by atoms with Crippen molar-refractivity contribution in [1.82, 2.24) is 0 Å². The average Bonchev–Trinajstić information content (AvgIpc) is 0.739. The highest BCUT2D eigenvalue weighted by Crippen LogP contribution is 2.59. The normalized spacial score (nSPS) is 16.3. The van der Waals surface area contributed by atoms with Crippen molar-refractivity contribution in [3.63, 3.8) is 0 Å². The summed E-state index contributed by atoms with van der Waals surface area (Å²) in [5.74, 6) is -5.11. The molecule has 18 nitrogen and oxygen atoms in total. The van der Waals surface area contributed by atoms with E-state index < -0.39 is 66.1 Å². The van der Waals surface area contributed by atoms with Crippen LogP contribution in [0.2, 0.25) is 0 Å². The van der Waals surface area contributed by atoms with E-state index in [9.17, 15) is 28.8 Å². The molecule has 450 valence electrons. The summed E-state index contributed by atoms with van der Waals surface area (Å²) >= 11 is 0. The van der Waals surface area contributed by atoms with Crippen molar-refractivity contribution in [2.24, 2.45) is 0 Å². The van der Waals surface area contributed by atoms with E-state index in [1.807, 2.05) is 121 Å². The molecule has 8 aromatic rings. The van der Waals surface area contributed by atoms with Crippen molar-refractivity contribution in [2.45, 2.75) is 105 Å². The molecule has 0 bridgehead atoms. The van der Waals surface area contributed by atoms with Crippen LogP contribution in [0.25, 0.3) is 0 Å². The van der Waals surface area contributed by atoms with Gasteiger partial charge in [-0.3, -0.25) is 28.8 Å². The van der Waals surface area contributed by atoms with Crippen LogP contribution in [0.15, 0.2) is 176 Å². The summed E-state index contributed by atoms with van der Waals surface area (Å²) in [5.41, 5.74) is 4.59. The molecule has 0 spiro atoms. The Kier molecular flexibility index (Phi) is 19.0. The maximum absolute atomic E-state index is 14.1. The topological polar surface area (TPSA) is 213 Å². The lowest BCUT2D eigenvalue weighted by molar-refractivity contribution is -0.154. The Morgan fingerprint density at radius 3 is 1.38 bits per heavy atom. The molecule has 0 aromatic heterocycles. The molecule has 8 aromatic carbocycles. The van der Waals surface area contributed by atoms with E-state index in [4.69, 9.17) is 56.8 Å². The lowest BCUT2D eigenvalue weighted by atomic mass is 9.77. The van der Waals surface area contributed by atoms with Crippen LogP contribution in [-0.4, -0.2) is 48.0 Å².